The van der Waals surface area contributed by atoms with Crippen LogP contribution in [-0.2, 0) is 28.6 Å². The van der Waals surface area contributed by atoms with E-state index < -0.39 is 29.0 Å². The van der Waals surface area contributed by atoms with E-state index in [2.05, 4.69) is 20.8 Å². The minimum absolute atomic E-state index is 0.0700. The Morgan fingerprint density at radius 1 is 1.14 bits per heavy atom. The smallest absolute Gasteiger partial charge is 0.309 e. The van der Waals surface area contributed by atoms with Gasteiger partial charge in [0.15, 0.2) is 0 Å². The lowest BCUT2D eigenvalue weighted by Gasteiger charge is -2.68. The predicted octanol–water partition coefficient (Wildman–Crippen LogP) is 4.29. The van der Waals surface area contributed by atoms with Crippen molar-refractivity contribution in [2.75, 3.05) is 13.2 Å². The van der Waals surface area contributed by atoms with Gasteiger partial charge in [0.25, 0.3) is 0 Å². The molecule has 0 radical (unpaired) electrons. The average Bonchev–Trinajstić information content (AvgIpc) is 3.13. The number of fused-ring (bicyclic) bond motifs is 5. The van der Waals surface area contributed by atoms with Crippen LogP contribution < -0.4 is 0 Å². The molecule has 4 rings (SSSR count). The first-order valence-corrected chi connectivity index (χ1v) is 13.6. The summed E-state index contributed by atoms with van der Waals surface area (Å²) in [5.74, 6) is -1.28. The van der Waals surface area contributed by atoms with Crippen molar-refractivity contribution in [3.63, 3.8) is 0 Å². The van der Waals surface area contributed by atoms with Gasteiger partial charge in [-0.2, -0.15) is 0 Å². The third-order valence-corrected chi connectivity index (χ3v) is 10.0. The summed E-state index contributed by atoms with van der Waals surface area (Å²) in [6.07, 6.45) is 3.25. The summed E-state index contributed by atoms with van der Waals surface area (Å²) in [5.41, 5.74) is -1.18. The van der Waals surface area contributed by atoms with Crippen LogP contribution in [0.5, 0.6) is 0 Å². The van der Waals surface area contributed by atoms with Crippen LogP contribution in [-0.4, -0.2) is 48.4 Å². The number of rotatable bonds is 6. The Bertz CT molecular complexity index is 850. The lowest BCUT2D eigenvalue weighted by molar-refractivity contribution is -0.270. The fraction of sp³-hybridized carbons (Fsp3) is 0.893. The van der Waals surface area contributed by atoms with E-state index in [1.165, 1.54) is 0 Å². The topological polar surface area (TPSA) is 99.1 Å². The summed E-state index contributed by atoms with van der Waals surface area (Å²) in [4.78, 5) is 38.0. The third-order valence-electron chi connectivity index (χ3n) is 10.0. The van der Waals surface area contributed by atoms with E-state index in [0.29, 0.717) is 25.7 Å². The van der Waals surface area contributed by atoms with E-state index in [1.807, 2.05) is 13.8 Å². The lowest BCUT2D eigenvalue weighted by Crippen LogP contribution is -2.70. The highest BCUT2D eigenvalue weighted by Crippen LogP contribution is 2.70. The lowest BCUT2D eigenvalue weighted by atomic mass is 9.37. The maximum absolute atomic E-state index is 13.0. The van der Waals surface area contributed by atoms with Gasteiger partial charge in [-0.05, 0) is 42.9 Å². The van der Waals surface area contributed by atoms with Crippen molar-refractivity contribution in [2.24, 2.45) is 45.8 Å². The number of hydrogen-bond donors (Lipinski definition) is 1. The summed E-state index contributed by atoms with van der Waals surface area (Å²) in [5, 5.41) is 11.7. The normalized spacial score (nSPS) is 41.9. The molecule has 4 aliphatic rings. The minimum atomic E-state index is -0.768. The number of hydrogen-bond acceptors (Lipinski definition) is 7. The fourth-order valence-electron chi connectivity index (χ4n) is 8.60. The Balaban J connectivity index is 1.83. The van der Waals surface area contributed by atoms with Gasteiger partial charge in [-0.15, -0.1) is 0 Å². The zero-order valence-electron chi connectivity index (χ0n) is 22.3. The van der Waals surface area contributed by atoms with Gasteiger partial charge in [0.05, 0.1) is 25.2 Å². The second-order valence-corrected chi connectivity index (χ2v) is 12.9. The molecule has 3 saturated carbocycles. The quantitative estimate of drug-likeness (QED) is 0.436. The zero-order valence-corrected chi connectivity index (χ0v) is 22.3. The molecule has 1 heterocycles. The van der Waals surface area contributed by atoms with Crippen molar-refractivity contribution < 1.29 is 33.7 Å². The van der Waals surface area contributed by atoms with E-state index in [-0.39, 0.29) is 60.2 Å². The third kappa shape index (κ3) is 4.30. The summed E-state index contributed by atoms with van der Waals surface area (Å²) >= 11 is 0. The van der Waals surface area contributed by atoms with Crippen molar-refractivity contribution in [2.45, 2.75) is 98.7 Å². The number of cyclic esters (lactones) is 1. The maximum Gasteiger partial charge on any atom is 0.309 e. The highest BCUT2D eigenvalue weighted by Gasteiger charge is 2.72. The summed E-state index contributed by atoms with van der Waals surface area (Å²) in [6, 6.07) is 0. The molecule has 7 nitrogen and oxygen atoms in total. The average molecular weight is 493 g/mol. The SMILES string of the molecule is CCC(=O)OC[C@]12CCCC(C)(C)[C@@H]1C[C@@H](OC(=O)CC(C)C)[C@@]1(C)[C@@H]3COC(=O)[C@@H]3C[C@@H](O)[C@H]21. The molecule has 1 aliphatic heterocycles. The number of esters is 3. The van der Waals surface area contributed by atoms with Crippen LogP contribution in [0, 0.1) is 45.8 Å². The first kappa shape index (κ1) is 26.4. The Morgan fingerprint density at radius 2 is 1.86 bits per heavy atom. The monoisotopic (exact) mass is 492 g/mol. The van der Waals surface area contributed by atoms with Crippen LogP contribution in [0.15, 0.2) is 0 Å². The molecular weight excluding hydrogens is 448 g/mol. The van der Waals surface area contributed by atoms with Crippen molar-refractivity contribution in [1.82, 2.24) is 0 Å². The zero-order chi connectivity index (χ0) is 25.8. The Morgan fingerprint density at radius 3 is 2.51 bits per heavy atom. The molecule has 8 atom stereocenters. The Kier molecular flexibility index (Phi) is 7.06. The molecule has 7 heteroatoms. The van der Waals surface area contributed by atoms with Crippen LogP contribution >= 0.6 is 0 Å². The number of ether oxygens (including phenoxy) is 3. The van der Waals surface area contributed by atoms with Crippen LogP contribution in [0.25, 0.3) is 0 Å². The fourth-order valence-corrected chi connectivity index (χ4v) is 8.60. The van der Waals surface area contributed by atoms with Gasteiger partial charge in [-0.3, -0.25) is 14.4 Å². The minimum Gasteiger partial charge on any atom is -0.465 e. The molecule has 4 fully saturated rings. The van der Waals surface area contributed by atoms with Crippen LogP contribution in [0.4, 0.5) is 0 Å². The molecule has 0 aromatic heterocycles. The van der Waals surface area contributed by atoms with Gasteiger partial charge in [0, 0.05) is 35.5 Å². The van der Waals surface area contributed by atoms with Gasteiger partial charge in [-0.25, -0.2) is 0 Å². The van der Waals surface area contributed by atoms with Gasteiger partial charge >= 0.3 is 17.9 Å². The molecule has 1 saturated heterocycles. The molecule has 0 aromatic carbocycles. The number of aliphatic hydroxyl groups is 1. The summed E-state index contributed by atoms with van der Waals surface area (Å²) in [7, 11) is 0. The molecular formula is C28H44O7. The molecule has 1 N–H and O–H groups in total. The van der Waals surface area contributed by atoms with Gasteiger partial charge in [0.1, 0.15) is 6.10 Å². The maximum atomic E-state index is 13.0. The molecule has 0 spiro atoms. The second-order valence-electron chi connectivity index (χ2n) is 12.9. The van der Waals surface area contributed by atoms with E-state index in [4.69, 9.17) is 14.2 Å². The highest BCUT2D eigenvalue weighted by atomic mass is 16.6. The standard InChI is InChI=1S/C28H44O7/c1-7-22(30)34-15-28-10-8-9-26(4,5)20(28)13-21(35-23(31)11-16(2)3)27(6)18-14-33-25(32)17(18)12-19(29)24(27)28/h16-21,24,29H,7-15H2,1-6H3/t17-,18-,19-,20+,21-,24+,27-,28-/m1/s1. The van der Waals surface area contributed by atoms with E-state index >= 15 is 0 Å². The number of carbonyl (C=O) groups is 3. The highest BCUT2D eigenvalue weighted by molar-refractivity contribution is 5.75. The van der Waals surface area contributed by atoms with Gasteiger partial charge < -0.3 is 19.3 Å². The van der Waals surface area contributed by atoms with Gasteiger partial charge in [-0.1, -0.05) is 48.0 Å². The summed E-state index contributed by atoms with van der Waals surface area (Å²) < 4.78 is 17.7. The first-order valence-electron chi connectivity index (χ1n) is 13.6. The van der Waals surface area contributed by atoms with Crippen LogP contribution in [0.3, 0.4) is 0 Å². The molecule has 198 valence electrons. The molecule has 0 aromatic rings. The number of carbonyl (C=O) groups excluding carboxylic acids is 3. The van der Waals surface area contributed by atoms with Gasteiger partial charge in [0.2, 0.25) is 0 Å². The van der Waals surface area contributed by atoms with Crippen molar-refractivity contribution in [3.05, 3.63) is 0 Å². The Labute approximate surface area is 209 Å². The van der Waals surface area contributed by atoms with Crippen molar-refractivity contribution in [1.29, 1.82) is 0 Å². The summed E-state index contributed by atoms with van der Waals surface area (Å²) in [6.45, 7) is 12.9. The molecule has 0 amide bonds. The number of aliphatic hydroxyl groups excluding tert-OH is 1. The molecule has 0 unspecified atom stereocenters. The van der Waals surface area contributed by atoms with Crippen molar-refractivity contribution >= 4 is 17.9 Å². The van der Waals surface area contributed by atoms with E-state index in [9.17, 15) is 19.5 Å². The van der Waals surface area contributed by atoms with Crippen molar-refractivity contribution in [3.8, 4) is 0 Å². The van der Waals surface area contributed by atoms with Crippen LogP contribution in [0.2, 0.25) is 0 Å². The predicted molar refractivity (Wildman–Crippen MR) is 129 cm³/mol. The van der Waals surface area contributed by atoms with E-state index in [0.717, 1.165) is 19.3 Å². The first-order chi connectivity index (χ1) is 16.4. The molecule has 3 aliphatic carbocycles. The van der Waals surface area contributed by atoms with E-state index in [1.54, 1.807) is 6.92 Å². The largest absolute Gasteiger partial charge is 0.465 e. The second kappa shape index (κ2) is 9.35. The molecule has 35 heavy (non-hydrogen) atoms. The van der Waals surface area contributed by atoms with Crippen LogP contribution in [0.1, 0.15) is 86.5 Å². The molecule has 0 bridgehead atoms. The Hall–Kier alpha value is -1.63.